The molecule has 1 aromatic carbocycles. The van der Waals surface area contributed by atoms with Crippen molar-refractivity contribution in [3.63, 3.8) is 0 Å². The summed E-state index contributed by atoms with van der Waals surface area (Å²) in [5.74, 6) is 0.104. The predicted molar refractivity (Wildman–Crippen MR) is 116 cm³/mol. The molecule has 0 aliphatic carbocycles. The normalized spacial score (nSPS) is 17.1. The van der Waals surface area contributed by atoms with E-state index in [2.05, 4.69) is 36.1 Å². The van der Waals surface area contributed by atoms with Crippen molar-refractivity contribution >= 4 is 16.9 Å². The van der Waals surface area contributed by atoms with Gasteiger partial charge in [-0.25, -0.2) is 9.67 Å². The molecule has 0 N–H and O–H groups in total. The Kier molecular flexibility index (Phi) is 5.65. The fourth-order valence-corrected chi connectivity index (χ4v) is 4.46. The van der Waals surface area contributed by atoms with Gasteiger partial charge in [0, 0.05) is 18.8 Å². The van der Waals surface area contributed by atoms with E-state index >= 15 is 0 Å². The number of carbonyl (C=O) groups is 1. The van der Waals surface area contributed by atoms with Crippen molar-refractivity contribution in [2.24, 2.45) is 0 Å². The first kappa shape index (κ1) is 19.6. The van der Waals surface area contributed by atoms with Crippen LogP contribution in [0.3, 0.4) is 0 Å². The number of aryl methyl sites for hydroxylation is 3. The Bertz CT molecular complexity index is 1010. The highest BCUT2D eigenvalue weighted by atomic mass is 16.2. The summed E-state index contributed by atoms with van der Waals surface area (Å²) < 4.78 is 1.98. The van der Waals surface area contributed by atoms with Gasteiger partial charge in [-0.3, -0.25) is 4.79 Å². The maximum absolute atomic E-state index is 13.8. The zero-order valence-electron chi connectivity index (χ0n) is 17.7. The zero-order chi connectivity index (χ0) is 20.4. The maximum atomic E-state index is 13.8. The van der Waals surface area contributed by atoms with Crippen LogP contribution in [-0.2, 0) is 6.54 Å². The maximum Gasteiger partial charge on any atom is 0.255 e. The van der Waals surface area contributed by atoms with E-state index in [0.29, 0.717) is 0 Å². The quantitative estimate of drug-likeness (QED) is 0.600. The van der Waals surface area contributed by atoms with Gasteiger partial charge in [0.25, 0.3) is 5.91 Å². The van der Waals surface area contributed by atoms with Crippen LogP contribution < -0.4 is 0 Å². The molecule has 0 saturated carbocycles. The number of likely N-dealkylation sites (tertiary alicyclic amines) is 1. The topological polar surface area (TPSA) is 51.0 Å². The highest BCUT2D eigenvalue weighted by molar-refractivity contribution is 6.06. The number of hydrogen-bond acceptors (Lipinski definition) is 3. The van der Waals surface area contributed by atoms with Crippen molar-refractivity contribution in [3.05, 3.63) is 58.9 Å². The van der Waals surface area contributed by atoms with Crippen LogP contribution in [-0.4, -0.2) is 32.1 Å². The van der Waals surface area contributed by atoms with Gasteiger partial charge < -0.3 is 4.90 Å². The molecule has 0 spiro atoms. The Hall–Kier alpha value is -2.69. The van der Waals surface area contributed by atoms with Crippen LogP contribution >= 0.6 is 0 Å². The van der Waals surface area contributed by atoms with Gasteiger partial charge >= 0.3 is 0 Å². The number of aromatic nitrogens is 3. The van der Waals surface area contributed by atoms with E-state index < -0.39 is 0 Å². The summed E-state index contributed by atoms with van der Waals surface area (Å²) >= 11 is 0. The third kappa shape index (κ3) is 3.78. The van der Waals surface area contributed by atoms with Crippen molar-refractivity contribution in [2.75, 3.05) is 6.54 Å². The Labute approximate surface area is 172 Å². The number of unbranched alkanes of at least 4 members (excludes halogenated alkanes) is 1. The van der Waals surface area contributed by atoms with Crippen LogP contribution in [0.5, 0.6) is 0 Å². The number of carbonyl (C=O) groups excluding carboxylic acids is 1. The van der Waals surface area contributed by atoms with Crippen LogP contribution in [0.25, 0.3) is 11.0 Å². The smallest absolute Gasteiger partial charge is 0.255 e. The SMILES string of the molecule is CCCCn1nc(C)c2c(C(=O)N3CCCCC3c3ccccc3)cc(C)nc21. The van der Waals surface area contributed by atoms with Gasteiger partial charge in [-0.05, 0) is 51.2 Å². The summed E-state index contributed by atoms with van der Waals surface area (Å²) in [5.41, 5.74) is 4.56. The van der Waals surface area contributed by atoms with Gasteiger partial charge in [0.15, 0.2) is 5.65 Å². The lowest BCUT2D eigenvalue weighted by molar-refractivity contribution is 0.0613. The number of pyridine rings is 1. The van der Waals surface area contributed by atoms with Gasteiger partial charge in [-0.15, -0.1) is 0 Å². The van der Waals surface area contributed by atoms with Crippen LogP contribution in [0.4, 0.5) is 0 Å². The second-order valence-electron chi connectivity index (χ2n) is 8.09. The first-order valence-corrected chi connectivity index (χ1v) is 10.8. The summed E-state index contributed by atoms with van der Waals surface area (Å²) in [6.45, 7) is 7.76. The minimum absolute atomic E-state index is 0.104. The molecule has 1 amide bonds. The van der Waals surface area contributed by atoms with Gasteiger partial charge in [-0.2, -0.15) is 5.10 Å². The molecule has 3 heterocycles. The third-order valence-electron chi connectivity index (χ3n) is 5.91. The molecule has 1 aliphatic heterocycles. The molecule has 1 aliphatic rings. The fourth-order valence-electron chi connectivity index (χ4n) is 4.46. The number of hydrogen-bond donors (Lipinski definition) is 0. The summed E-state index contributed by atoms with van der Waals surface area (Å²) in [5, 5.41) is 5.63. The van der Waals surface area contributed by atoms with Gasteiger partial charge in [0.1, 0.15) is 0 Å². The molecule has 3 aromatic rings. The van der Waals surface area contributed by atoms with E-state index in [1.54, 1.807) is 0 Å². The van der Waals surface area contributed by atoms with E-state index in [9.17, 15) is 4.79 Å². The lowest BCUT2D eigenvalue weighted by Crippen LogP contribution is -2.38. The van der Waals surface area contributed by atoms with Gasteiger partial charge in [-0.1, -0.05) is 43.7 Å². The van der Waals surface area contributed by atoms with Crippen LogP contribution in [0.15, 0.2) is 36.4 Å². The Morgan fingerprint density at radius 3 is 2.72 bits per heavy atom. The summed E-state index contributed by atoms with van der Waals surface area (Å²) in [6, 6.07) is 12.5. The molecule has 5 heteroatoms. The van der Waals surface area contributed by atoms with E-state index in [-0.39, 0.29) is 11.9 Å². The molecular weight excluding hydrogens is 360 g/mol. The molecule has 0 radical (unpaired) electrons. The van der Waals surface area contributed by atoms with Crippen LogP contribution in [0.2, 0.25) is 0 Å². The summed E-state index contributed by atoms with van der Waals surface area (Å²) in [7, 11) is 0. The predicted octanol–water partition coefficient (Wildman–Crippen LogP) is 5.22. The molecule has 29 heavy (non-hydrogen) atoms. The van der Waals surface area contributed by atoms with Crippen molar-refractivity contribution in [1.82, 2.24) is 19.7 Å². The molecule has 1 atom stereocenters. The van der Waals surface area contributed by atoms with Crippen molar-refractivity contribution in [3.8, 4) is 0 Å². The number of piperidine rings is 1. The molecule has 1 saturated heterocycles. The standard InChI is InChI=1S/C24H30N4O/c1-4-5-15-28-23-22(18(3)26-28)20(16-17(2)25-23)24(29)27-14-10-9-13-21(27)19-11-7-6-8-12-19/h6-8,11-12,16,21H,4-5,9-10,13-15H2,1-3H3. The number of fused-ring (bicyclic) bond motifs is 1. The fraction of sp³-hybridized carbons (Fsp3) is 0.458. The van der Waals surface area contributed by atoms with Gasteiger partial charge in [0.2, 0.25) is 0 Å². The first-order valence-electron chi connectivity index (χ1n) is 10.8. The lowest BCUT2D eigenvalue weighted by atomic mass is 9.94. The lowest BCUT2D eigenvalue weighted by Gasteiger charge is -2.36. The molecule has 5 nitrogen and oxygen atoms in total. The van der Waals surface area contributed by atoms with E-state index in [1.807, 2.05) is 30.7 Å². The average Bonchev–Trinajstić information content (AvgIpc) is 3.07. The number of nitrogens with zero attached hydrogens (tertiary/aromatic N) is 4. The number of amides is 1. The number of rotatable bonds is 5. The second kappa shape index (κ2) is 8.36. The van der Waals surface area contributed by atoms with Crippen LogP contribution in [0, 0.1) is 13.8 Å². The zero-order valence-corrected chi connectivity index (χ0v) is 17.7. The molecule has 4 rings (SSSR count). The summed E-state index contributed by atoms with van der Waals surface area (Å²) in [4.78, 5) is 20.6. The molecule has 1 unspecified atom stereocenters. The van der Waals surface area contributed by atoms with E-state index in [4.69, 9.17) is 10.1 Å². The van der Waals surface area contributed by atoms with E-state index in [1.165, 1.54) is 5.56 Å². The minimum atomic E-state index is 0.104. The third-order valence-corrected chi connectivity index (χ3v) is 5.91. The van der Waals surface area contributed by atoms with Crippen molar-refractivity contribution in [2.45, 2.75) is 65.5 Å². The highest BCUT2D eigenvalue weighted by Crippen LogP contribution is 2.33. The van der Waals surface area contributed by atoms with E-state index in [0.717, 1.165) is 73.2 Å². The molecule has 152 valence electrons. The number of benzene rings is 1. The molecular formula is C24H30N4O. The Balaban J connectivity index is 1.77. The van der Waals surface area contributed by atoms with Gasteiger partial charge in [0.05, 0.1) is 22.7 Å². The Morgan fingerprint density at radius 1 is 1.17 bits per heavy atom. The minimum Gasteiger partial charge on any atom is -0.332 e. The monoisotopic (exact) mass is 390 g/mol. The molecule has 1 fully saturated rings. The first-order chi connectivity index (χ1) is 14.1. The second-order valence-corrected chi connectivity index (χ2v) is 8.09. The summed E-state index contributed by atoms with van der Waals surface area (Å²) in [6.07, 6.45) is 5.37. The average molecular weight is 391 g/mol. The van der Waals surface area contributed by atoms with Crippen molar-refractivity contribution < 1.29 is 4.79 Å². The van der Waals surface area contributed by atoms with Crippen molar-refractivity contribution in [1.29, 1.82) is 0 Å². The molecule has 2 aromatic heterocycles. The largest absolute Gasteiger partial charge is 0.332 e. The Morgan fingerprint density at radius 2 is 1.97 bits per heavy atom. The molecule has 0 bridgehead atoms. The van der Waals surface area contributed by atoms with Crippen LogP contribution in [0.1, 0.15) is 72.4 Å². The highest BCUT2D eigenvalue weighted by Gasteiger charge is 2.30.